The van der Waals surface area contributed by atoms with Crippen molar-refractivity contribution in [2.75, 3.05) is 20.3 Å². The molecule has 0 aliphatic heterocycles. The van der Waals surface area contributed by atoms with E-state index in [-0.39, 0.29) is 5.56 Å². The molecule has 2 rings (SSSR count). The predicted molar refractivity (Wildman–Crippen MR) is 65.0 cm³/mol. The van der Waals surface area contributed by atoms with E-state index in [2.05, 4.69) is 22.2 Å². The summed E-state index contributed by atoms with van der Waals surface area (Å²) >= 11 is 0. The van der Waals surface area contributed by atoms with Crippen LogP contribution in [0.1, 0.15) is 30.8 Å². The molecule has 2 N–H and O–H groups in total. The van der Waals surface area contributed by atoms with Crippen molar-refractivity contribution in [2.24, 2.45) is 5.92 Å². The van der Waals surface area contributed by atoms with Gasteiger partial charge >= 0.3 is 0 Å². The molecule has 1 fully saturated rings. The summed E-state index contributed by atoms with van der Waals surface area (Å²) < 4.78 is 4.94. The number of hydrogen-bond donors (Lipinski definition) is 2. The molecule has 1 aliphatic rings. The second-order valence-electron chi connectivity index (χ2n) is 4.61. The van der Waals surface area contributed by atoms with Crippen LogP contribution in [0, 0.1) is 5.92 Å². The van der Waals surface area contributed by atoms with Crippen molar-refractivity contribution in [2.45, 2.75) is 25.8 Å². The zero-order valence-corrected chi connectivity index (χ0v) is 10.3. The van der Waals surface area contributed by atoms with E-state index in [1.807, 2.05) is 0 Å². The lowest BCUT2D eigenvalue weighted by atomic mass is 10.3. The highest BCUT2D eigenvalue weighted by Crippen LogP contribution is 2.44. The first-order valence-electron chi connectivity index (χ1n) is 6.00. The first kappa shape index (κ1) is 12.3. The summed E-state index contributed by atoms with van der Waals surface area (Å²) in [4.78, 5) is 18.8. The second-order valence-corrected chi connectivity index (χ2v) is 4.61. The van der Waals surface area contributed by atoms with E-state index >= 15 is 0 Å². The number of rotatable bonds is 6. The Morgan fingerprint density at radius 3 is 3.06 bits per heavy atom. The lowest BCUT2D eigenvalue weighted by molar-refractivity contribution is 0.199. The third kappa shape index (κ3) is 3.38. The number of aromatic nitrogens is 2. The molecule has 1 heterocycles. The van der Waals surface area contributed by atoms with Crippen LogP contribution in [0.5, 0.6) is 0 Å². The molecule has 0 saturated heterocycles. The summed E-state index contributed by atoms with van der Waals surface area (Å²) in [7, 11) is 1.67. The van der Waals surface area contributed by atoms with Crippen molar-refractivity contribution in [3.05, 3.63) is 27.9 Å². The smallest absolute Gasteiger partial charge is 0.251 e. The predicted octanol–water partition coefficient (Wildman–Crippen LogP) is 0.629. The molecule has 1 saturated carbocycles. The van der Waals surface area contributed by atoms with Crippen LogP contribution in [0.2, 0.25) is 0 Å². The van der Waals surface area contributed by atoms with E-state index < -0.39 is 0 Å². The van der Waals surface area contributed by atoms with E-state index in [1.165, 1.54) is 0 Å². The molecule has 2 unspecified atom stereocenters. The molecule has 1 aromatic rings. The number of nitrogens with zero attached hydrogens (tertiary/aromatic N) is 1. The van der Waals surface area contributed by atoms with Crippen molar-refractivity contribution in [3.63, 3.8) is 0 Å². The fourth-order valence-corrected chi connectivity index (χ4v) is 1.89. The van der Waals surface area contributed by atoms with Crippen LogP contribution < -0.4 is 10.9 Å². The number of hydrogen-bond acceptors (Lipinski definition) is 4. The largest absolute Gasteiger partial charge is 0.383 e. The van der Waals surface area contributed by atoms with Crippen LogP contribution in [0.15, 0.2) is 10.9 Å². The third-order valence-electron chi connectivity index (χ3n) is 3.06. The topological polar surface area (TPSA) is 67.0 Å². The van der Waals surface area contributed by atoms with E-state index in [0.29, 0.717) is 25.0 Å². The van der Waals surface area contributed by atoms with Gasteiger partial charge in [-0.25, -0.2) is 4.98 Å². The van der Waals surface area contributed by atoms with Crippen LogP contribution in [0.25, 0.3) is 0 Å². The van der Waals surface area contributed by atoms with Gasteiger partial charge in [-0.1, -0.05) is 6.92 Å². The molecule has 0 aromatic carbocycles. The molecule has 2 atom stereocenters. The maximum Gasteiger partial charge on any atom is 0.251 e. The Labute approximate surface area is 101 Å². The maximum atomic E-state index is 11.5. The lowest BCUT2D eigenvalue weighted by Crippen LogP contribution is -2.21. The molecule has 5 heteroatoms. The van der Waals surface area contributed by atoms with E-state index in [9.17, 15) is 4.79 Å². The number of ether oxygens (including phenoxy) is 1. The Balaban J connectivity index is 1.97. The first-order valence-corrected chi connectivity index (χ1v) is 6.00. The summed E-state index contributed by atoms with van der Waals surface area (Å²) in [6.07, 6.45) is 1.13. The van der Waals surface area contributed by atoms with Crippen molar-refractivity contribution in [1.82, 2.24) is 15.3 Å². The fraction of sp³-hybridized carbons (Fsp3) is 0.667. The van der Waals surface area contributed by atoms with Gasteiger partial charge in [0, 0.05) is 32.2 Å². The van der Waals surface area contributed by atoms with E-state index in [0.717, 1.165) is 24.5 Å². The SMILES string of the molecule is COCCNCc1cc(=O)[nH]c(C2CC2C)n1. The minimum absolute atomic E-state index is 0.0577. The summed E-state index contributed by atoms with van der Waals surface area (Å²) in [6.45, 7) is 4.21. The van der Waals surface area contributed by atoms with Gasteiger partial charge in [0.25, 0.3) is 5.56 Å². The quantitative estimate of drug-likeness (QED) is 0.712. The standard InChI is InChI=1S/C12H19N3O2/c1-8-5-10(8)12-14-9(6-11(16)15-12)7-13-3-4-17-2/h6,8,10,13H,3-5,7H2,1-2H3,(H,14,15,16). The zero-order chi connectivity index (χ0) is 12.3. The van der Waals surface area contributed by atoms with Crippen LogP contribution in [-0.2, 0) is 11.3 Å². The number of methoxy groups -OCH3 is 1. The molecule has 0 bridgehead atoms. The molecule has 1 aliphatic carbocycles. The number of H-pyrrole nitrogens is 1. The van der Waals surface area contributed by atoms with Crippen molar-refractivity contribution < 1.29 is 4.74 Å². The van der Waals surface area contributed by atoms with Gasteiger partial charge in [0.15, 0.2) is 0 Å². The van der Waals surface area contributed by atoms with Crippen LogP contribution in [0.3, 0.4) is 0 Å². The first-order chi connectivity index (χ1) is 8.20. The van der Waals surface area contributed by atoms with Gasteiger partial charge in [-0.15, -0.1) is 0 Å². The minimum Gasteiger partial charge on any atom is -0.383 e. The Morgan fingerprint density at radius 1 is 1.65 bits per heavy atom. The molecule has 94 valence electrons. The molecule has 5 nitrogen and oxygen atoms in total. The van der Waals surface area contributed by atoms with Crippen molar-refractivity contribution in [3.8, 4) is 0 Å². The highest BCUT2D eigenvalue weighted by Gasteiger charge is 2.36. The molecule has 17 heavy (non-hydrogen) atoms. The second kappa shape index (κ2) is 5.42. The Bertz CT molecular complexity index is 430. The number of nitrogens with one attached hydrogen (secondary N) is 2. The monoisotopic (exact) mass is 237 g/mol. The molecule has 0 radical (unpaired) electrons. The van der Waals surface area contributed by atoms with Crippen LogP contribution >= 0.6 is 0 Å². The molecule has 1 aromatic heterocycles. The van der Waals surface area contributed by atoms with Gasteiger partial charge in [0.1, 0.15) is 5.82 Å². The summed E-state index contributed by atoms with van der Waals surface area (Å²) in [5, 5.41) is 3.19. The van der Waals surface area contributed by atoms with Gasteiger partial charge in [0.05, 0.1) is 12.3 Å². The normalized spacial score (nSPS) is 22.7. The van der Waals surface area contributed by atoms with Gasteiger partial charge in [-0.05, 0) is 12.3 Å². The van der Waals surface area contributed by atoms with Crippen LogP contribution in [-0.4, -0.2) is 30.2 Å². The third-order valence-corrected chi connectivity index (χ3v) is 3.06. The van der Waals surface area contributed by atoms with Gasteiger partial charge in [-0.3, -0.25) is 4.79 Å². The lowest BCUT2D eigenvalue weighted by Gasteiger charge is -2.05. The maximum absolute atomic E-state index is 11.5. The fourth-order valence-electron chi connectivity index (χ4n) is 1.89. The van der Waals surface area contributed by atoms with Gasteiger partial charge in [-0.2, -0.15) is 0 Å². The number of aromatic amines is 1. The average Bonchev–Trinajstić information content (AvgIpc) is 3.01. The molecule has 0 spiro atoms. The van der Waals surface area contributed by atoms with Crippen molar-refractivity contribution >= 4 is 0 Å². The van der Waals surface area contributed by atoms with E-state index in [1.54, 1.807) is 13.2 Å². The highest BCUT2D eigenvalue weighted by atomic mass is 16.5. The van der Waals surface area contributed by atoms with Gasteiger partial charge in [0.2, 0.25) is 0 Å². The average molecular weight is 237 g/mol. The highest BCUT2D eigenvalue weighted by molar-refractivity contribution is 5.12. The Kier molecular flexibility index (Phi) is 3.91. The summed E-state index contributed by atoms with van der Waals surface area (Å²) in [6, 6.07) is 1.55. The molecule has 0 amide bonds. The van der Waals surface area contributed by atoms with Crippen LogP contribution in [0.4, 0.5) is 0 Å². The molecular formula is C12H19N3O2. The molecular weight excluding hydrogens is 218 g/mol. The summed E-state index contributed by atoms with van der Waals surface area (Å²) in [5.74, 6) is 1.94. The van der Waals surface area contributed by atoms with E-state index in [4.69, 9.17) is 4.74 Å². The Morgan fingerprint density at radius 2 is 2.41 bits per heavy atom. The van der Waals surface area contributed by atoms with Crippen molar-refractivity contribution in [1.29, 1.82) is 0 Å². The summed E-state index contributed by atoms with van der Waals surface area (Å²) in [5.41, 5.74) is 0.747. The zero-order valence-electron chi connectivity index (χ0n) is 10.3. The minimum atomic E-state index is -0.0577. The Hall–Kier alpha value is -1.20. The van der Waals surface area contributed by atoms with Gasteiger partial charge < -0.3 is 15.0 Å².